The fourth-order valence-electron chi connectivity index (χ4n) is 4.88. The summed E-state index contributed by atoms with van der Waals surface area (Å²) in [5, 5.41) is 0. The van der Waals surface area contributed by atoms with E-state index < -0.39 is 17.9 Å². The van der Waals surface area contributed by atoms with Crippen LogP contribution in [-0.4, -0.2) is 55.6 Å². The lowest BCUT2D eigenvalue weighted by Gasteiger charge is -2.46. The summed E-state index contributed by atoms with van der Waals surface area (Å²) >= 11 is 0. The van der Waals surface area contributed by atoms with Crippen LogP contribution in [0.25, 0.3) is 0 Å². The van der Waals surface area contributed by atoms with Gasteiger partial charge in [0.1, 0.15) is 11.9 Å². The van der Waals surface area contributed by atoms with Gasteiger partial charge in [-0.25, -0.2) is 15.0 Å². The number of β-lactam (4-membered cyclic amide) rings is 1. The lowest BCUT2D eigenvalue weighted by molar-refractivity contribution is -0.170. The number of aromatic nitrogens is 4. The van der Waals surface area contributed by atoms with E-state index in [-0.39, 0.29) is 36.5 Å². The van der Waals surface area contributed by atoms with Crippen LogP contribution in [-0.2, 0) is 20.8 Å². The van der Waals surface area contributed by atoms with E-state index in [4.69, 9.17) is 5.73 Å². The standard InChI is InChI=1S/C26H27N7O3/c1-32(26-30-9-3-10-31-26)25(36)23-20(12-16-7-11-29-21(27)13-16)24(35)33(23)22(34)14-19(17-5-6-17)18-4-2-8-28-15-18/h2-4,7-11,13,15,17,19-20,23H,5-6,12,14H2,1H3,(H2,27,29)/t19-,20-,23+/m1/s1. The number of pyridine rings is 2. The highest BCUT2D eigenvalue weighted by atomic mass is 16.2. The van der Waals surface area contributed by atoms with Crippen LogP contribution in [0.5, 0.6) is 0 Å². The molecule has 3 aromatic rings. The predicted octanol–water partition coefficient (Wildman–Crippen LogP) is 1.99. The second kappa shape index (κ2) is 9.80. The number of amides is 3. The van der Waals surface area contributed by atoms with Gasteiger partial charge in [-0.3, -0.25) is 29.2 Å². The Morgan fingerprint density at radius 1 is 1.11 bits per heavy atom. The first kappa shape index (κ1) is 23.5. The van der Waals surface area contributed by atoms with Crippen LogP contribution < -0.4 is 10.6 Å². The quantitative estimate of drug-likeness (QED) is 0.479. The molecule has 4 heterocycles. The van der Waals surface area contributed by atoms with Crippen LogP contribution in [0.15, 0.2) is 61.3 Å². The fourth-order valence-corrected chi connectivity index (χ4v) is 4.88. The molecule has 1 aliphatic heterocycles. The lowest BCUT2D eigenvalue weighted by Crippen LogP contribution is -2.69. The summed E-state index contributed by atoms with van der Waals surface area (Å²) in [7, 11) is 1.55. The van der Waals surface area contributed by atoms with Crippen LogP contribution in [0.4, 0.5) is 11.8 Å². The first-order valence-corrected chi connectivity index (χ1v) is 11.9. The molecule has 10 nitrogen and oxygen atoms in total. The van der Waals surface area contributed by atoms with Gasteiger partial charge in [-0.1, -0.05) is 6.07 Å². The molecule has 1 aliphatic carbocycles. The van der Waals surface area contributed by atoms with E-state index >= 15 is 0 Å². The molecule has 5 rings (SSSR count). The number of carbonyl (C=O) groups is 3. The maximum atomic E-state index is 13.6. The molecule has 3 atom stereocenters. The number of hydrogen-bond donors (Lipinski definition) is 1. The van der Waals surface area contributed by atoms with Gasteiger partial charge in [-0.05, 0) is 66.5 Å². The van der Waals surface area contributed by atoms with E-state index in [2.05, 4.69) is 19.9 Å². The van der Waals surface area contributed by atoms with Crippen LogP contribution >= 0.6 is 0 Å². The van der Waals surface area contributed by atoms with Crippen molar-refractivity contribution in [2.45, 2.75) is 37.6 Å². The molecule has 1 saturated carbocycles. The van der Waals surface area contributed by atoms with E-state index in [0.717, 1.165) is 28.9 Å². The predicted molar refractivity (Wildman–Crippen MR) is 131 cm³/mol. The van der Waals surface area contributed by atoms with E-state index in [1.807, 2.05) is 12.1 Å². The summed E-state index contributed by atoms with van der Waals surface area (Å²) in [5.41, 5.74) is 7.56. The zero-order chi connectivity index (χ0) is 25.2. The monoisotopic (exact) mass is 485 g/mol. The Morgan fingerprint density at radius 2 is 1.89 bits per heavy atom. The van der Waals surface area contributed by atoms with E-state index in [9.17, 15) is 14.4 Å². The number of carbonyl (C=O) groups excluding carboxylic acids is 3. The first-order valence-electron chi connectivity index (χ1n) is 11.9. The third-order valence-corrected chi connectivity index (χ3v) is 6.92. The van der Waals surface area contributed by atoms with Crippen molar-refractivity contribution in [1.29, 1.82) is 0 Å². The molecule has 2 N–H and O–H groups in total. The van der Waals surface area contributed by atoms with Gasteiger partial charge in [0.15, 0.2) is 0 Å². The summed E-state index contributed by atoms with van der Waals surface area (Å²) in [4.78, 5) is 59.4. The zero-order valence-corrected chi connectivity index (χ0v) is 19.9. The van der Waals surface area contributed by atoms with Gasteiger partial charge in [-0.2, -0.15) is 0 Å². The van der Waals surface area contributed by atoms with Gasteiger partial charge < -0.3 is 5.73 Å². The summed E-state index contributed by atoms with van der Waals surface area (Å²) in [6.45, 7) is 0. The van der Waals surface area contributed by atoms with Crippen molar-refractivity contribution in [2.24, 2.45) is 11.8 Å². The van der Waals surface area contributed by atoms with Gasteiger partial charge in [-0.15, -0.1) is 0 Å². The van der Waals surface area contributed by atoms with E-state index in [1.165, 1.54) is 17.3 Å². The number of anilines is 2. The second-order valence-electron chi connectivity index (χ2n) is 9.33. The largest absolute Gasteiger partial charge is 0.384 e. The molecule has 1 saturated heterocycles. The third-order valence-electron chi connectivity index (χ3n) is 6.92. The minimum Gasteiger partial charge on any atom is -0.384 e. The van der Waals surface area contributed by atoms with Crippen molar-refractivity contribution in [2.75, 3.05) is 17.7 Å². The minimum atomic E-state index is -0.957. The lowest BCUT2D eigenvalue weighted by atomic mass is 9.80. The first-order chi connectivity index (χ1) is 17.4. The third kappa shape index (κ3) is 4.66. The van der Waals surface area contributed by atoms with Crippen LogP contribution in [0.3, 0.4) is 0 Å². The fraction of sp³-hybridized carbons (Fsp3) is 0.346. The smallest absolute Gasteiger partial charge is 0.253 e. The Morgan fingerprint density at radius 3 is 2.56 bits per heavy atom. The van der Waals surface area contributed by atoms with Crippen molar-refractivity contribution >= 4 is 29.5 Å². The van der Waals surface area contributed by atoms with E-state index in [0.29, 0.717) is 11.7 Å². The number of likely N-dealkylation sites (N-methyl/N-ethyl adjacent to an activating group) is 1. The zero-order valence-electron chi connectivity index (χ0n) is 19.9. The molecular formula is C26H27N7O3. The number of hydrogen-bond acceptors (Lipinski definition) is 8. The molecule has 2 aliphatic rings. The molecule has 0 aromatic carbocycles. The molecule has 3 amide bonds. The second-order valence-corrected chi connectivity index (χ2v) is 9.33. The van der Waals surface area contributed by atoms with Gasteiger partial charge in [0.2, 0.25) is 17.8 Å². The summed E-state index contributed by atoms with van der Waals surface area (Å²) in [5.74, 6) is -0.967. The molecule has 2 fully saturated rings. The van der Waals surface area contributed by atoms with Crippen LogP contribution in [0.1, 0.15) is 36.3 Å². The topological polar surface area (TPSA) is 135 Å². The minimum absolute atomic E-state index is 0.0380. The van der Waals surface area contributed by atoms with Crippen molar-refractivity contribution < 1.29 is 14.4 Å². The molecule has 36 heavy (non-hydrogen) atoms. The Labute approximate surface area is 208 Å². The number of nitrogens with zero attached hydrogens (tertiary/aromatic N) is 6. The Kier molecular flexibility index (Phi) is 6.41. The average molecular weight is 486 g/mol. The molecule has 0 unspecified atom stereocenters. The SMILES string of the molecule is CN(C(=O)[C@@H]1[C@@H](Cc2ccnc(N)c2)C(=O)N1C(=O)C[C@@H](c1cccnc1)C1CC1)c1ncccn1. The van der Waals surface area contributed by atoms with Gasteiger partial charge >= 0.3 is 0 Å². The maximum Gasteiger partial charge on any atom is 0.253 e. The Hall–Kier alpha value is -4.21. The van der Waals surface area contributed by atoms with Gasteiger partial charge in [0, 0.05) is 44.5 Å². The molecule has 3 aromatic heterocycles. The highest BCUT2D eigenvalue weighted by molar-refractivity contribution is 6.12. The summed E-state index contributed by atoms with van der Waals surface area (Å²) in [6, 6.07) is 7.93. The molecule has 0 bridgehead atoms. The molecule has 184 valence electrons. The summed E-state index contributed by atoms with van der Waals surface area (Å²) < 4.78 is 0. The number of nitrogens with two attached hydrogens (primary N) is 1. The Bertz CT molecular complexity index is 1270. The van der Waals surface area contributed by atoms with Gasteiger partial charge in [0.25, 0.3) is 5.91 Å². The molecule has 10 heteroatoms. The molecular weight excluding hydrogens is 458 g/mol. The molecule has 0 radical (unpaired) electrons. The van der Waals surface area contributed by atoms with Crippen LogP contribution in [0.2, 0.25) is 0 Å². The highest BCUT2D eigenvalue weighted by Gasteiger charge is 2.55. The number of likely N-dealkylation sites (tertiary alicyclic amines) is 1. The van der Waals surface area contributed by atoms with E-state index in [1.54, 1.807) is 43.8 Å². The highest BCUT2D eigenvalue weighted by Crippen LogP contribution is 2.45. The summed E-state index contributed by atoms with van der Waals surface area (Å²) in [6.07, 6.45) is 10.6. The van der Waals surface area contributed by atoms with Gasteiger partial charge in [0.05, 0.1) is 5.92 Å². The average Bonchev–Trinajstić information content (AvgIpc) is 3.74. The number of nitrogen functional groups attached to an aromatic ring is 1. The number of rotatable bonds is 8. The Balaban J connectivity index is 1.41. The van der Waals surface area contributed by atoms with Crippen molar-refractivity contribution in [3.63, 3.8) is 0 Å². The maximum absolute atomic E-state index is 13.6. The molecule has 0 spiro atoms. The number of imide groups is 1. The van der Waals surface area contributed by atoms with Crippen molar-refractivity contribution in [3.8, 4) is 0 Å². The van der Waals surface area contributed by atoms with Crippen molar-refractivity contribution in [1.82, 2.24) is 24.8 Å². The van der Waals surface area contributed by atoms with Crippen molar-refractivity contribution in [3.05, 3.63) is 72.4 Å². The normalized spacial score (nSPS) is 19.9. The van der Waals surface area contributed by atoms with Crippen LogP contribution in [0, 0.1) is 11.8 Å².